The third-order valence-corrected chi connectivity index (χ3v) is 3.19. The van der Waals surface area contributed by atoms with Gasteiger partial charge in [-0.05, 0) is 12.8 Å². The van der Waals surface area contributed by atoms with Gasteiger partial charge in [0, 0.05) is 37.9 Å². The van der Waals surface area contributed by atoms with E-state index in [1.807, 2.05) is 10.8 Å². The molecule has 102 valence electrons. The van der Waals surface area contributed by atoms with Crippen LogP contribution in [0.5, 0.6) is 0 Å². The maximum Gasteiger partial charge on any atom is 0.224 e. The maximum atomic E-state index is 12.2. The van der Waals surface area contributed by atoms with E-state index in [2.05, 4.69) is 18.8 Å². The number of amides is 1. The van der Waals surface area contributed by atoms with E-state index in [1.54, 1.807) is 17.4 Å². The average Bonchev–Trinajstić information content (AvgIpc) is 2.89. The quantitative estimate of drug-likeness (QED) is 0.759. The smallest absolute Gasteiger partial charge is 0.224 e. The molecule has 5 heteroatoms. The molecule has 1 aromatic rings. The molecule has 0 aromatic carbocycles. The maximum absolute atomic E-state index is 12.2. The molecule has 0 saturated carbocycles. The van der Waals surface area contributed by atoms with Gasteiger partial charge in [0.15, 0.2) is 0 Å². The molecule has 0 fully saturated rings. The van der Waals surface area contributed by atoms with Crippen LogP contribution < -0.4 is 0 Å². The van der Waals surface area contributed by atoms with Crippen molar-refractivity contribution in [3.8, 4) is 0 Å². The van der Waals surface area contributed by atoms with Gasteiger partial charge < -0.3 is 14.6 Å². The zero-order chi connectivity index (χ0) is 13.4. The number of nitrogens with zero attached hydrogens (tertiary/aromatic N) is 3. The summed E-state index contributed by atoms with van der Waals surface area (Å²) in [4.78, 5) is 17.9. The van der Waals surface area contributed by atoms with Crippen molar-refractivity contribution in [2.24, 2.45) is 0 Å². The van der Waals surface area contributed by atoms with E-state index in [4.69, 9.17) is 5.11 Å². The molecule has 0 bridgehead atoms. The Morgan fingerprint density at radius 1 is 1.44 bits per heavy atom. The summed E-state index contributed by atoms with van der Waals surface area (Å²) in [6.07, 6.45) is 7.56. The molecule has 18 heavy (non-hydrogen) atoms. The normalized spacial score (nSPS) is 10.9. The molecule has 0 saturated heterocycles. The van der Waals surface area contributed by atoms with E-state index in [0.29, 0.717) is 19.5 Å². The van der Waals surface area contributed by atoms with Crippen molar-refractivity contribution < 1.29 is 9.90 Å². The van der Waals surface area contributed by atoms with Gasteiger partial charge in [-0.2, -0.15) is 0 Å². The van der Waals surface area contributed by atoms with E-state index in [-0.39, 0.29) is 18.6 Å². The van der Waals surface area contributed by atoms with Gasteiger partial charge in [-0.15, -0.1) is 0 Å². The Morgan fingerprint density at radius 2 is 2.17 bits per heavy atom. The zero-order valence-electron chi connectivity index (χ0n) is 11.2. The zero-order valence-corrected chi connectivity index (χ0v) is 11.2. The van der Waals surface area contributed by atoms with Gasteiger partial charge in [0.2, 0.25) is 5.91 Å². The molecule has 0 atom stereocenters. The minimum atomic E-state index is 0.0211. The number of aliphatic hydroxyl groups is 1. The molecular weight excluding hydrogens is 230 g/mol. The lowest BCUT2D eigenvalue weighted by Gasteiger charge is -2.30. The molecule has 1 N–H and O–H groups in total. The lowest BCUT2D eigenvalue weighted by Crippen LogP contribution is -2.41. The first-order chi connectivity index (χ1) is 8.72. The second kappa shape index (κ2) is 7.87. The van der Waals surface area contributed by atoms with Crippen LogP contribution >= 0.6 is 0 Å². The summed E-state index contributed by atoms with van der Waals surface area (Å²) < 4.78 is 1.89. The number of carbonyl (C=O) groups excluding carboxylic acids is 1. The van der Waals surface area contributed by atoms with E-state index >= 15 is 0 Å². The number of rotatable bonds is 8. The van der Waals surface area contributed by atoms with Crippen LogP contribution in [0.4, 0.5) is 0 Å². The van der Waals surface area contributed by atoms with Crippen LogP contribution in [-0.4, -0.2) is 44.7 Å². The third-order valence-electron chi connectivity index (χ3n) is 3.19. The number of carbonyl (C=O) groups is 1. The highest BCUT2D eigenvalue weighted by atomic mass is 16.3. The summed E-state index contributed by atoms with van der Waals surface area (Å²) in [6.45, 7) is 5.23. The Labute approximate surface area is 108 Å². The molecule has 5 nitrogen and oxygen atoms in total. The van der Waals surface area contributed by atoms with Crippen LogP contribution in [0.15, 0.2) is 18.7 Å². The SMILES string of the molecule is CCC(CC)N(CCO)C(=O)CCn1ccnc1. The molecule has 1 rings (SSSR count). The van der Waals surface area contributed by atoms with Crippen molar-refractivity contribution in [2.45, 2.75) is 45.7 Å². The van der Waals surface area contributed by atoms with E-state index in [1.165, 1.54) is 0 Å². The molecule has 1 amide bonds. The van der Waals surface area contributed by atoms with Gasteiger partial charge in [-0.3, -0.25) is 4.79 Å². The van der Waals surface area contributed by atoms with Crippen LogP contribution in [0.1, 0.15) is 33.1 Å². The van der Waals surface area contributed by atoms with Crippen molar-refractivity contribution in [3.63, 3.8) is 0 Å². The van der Waals surface area contributed by atoms with Crippen molar-refractivity contribution in [1.29, 1.82) is 0 Å². The summed E-state index contributed by atoms with van der Waals surface area (Å²) >= 11 is 0. The monoisotopic (exact) mass is 253 g/mol. The summed E-state index contributed by atoms with van der Waals surface area (Å²) in [5, 5.41) is 9.07. The summed E-state index contributed by atoms with van der Waals surface area (Å²) in [5.41, 5.74) is 0. The molecular formula is C13H23N3O2. The number of aryl methyl sites for hydroxylation is 1. The lowest BCUT2D eigenvalue weighted by atomic mass is 10.1. The second-order valence-corrected chi connectivity index (χ2v) is 4.33. The van der Waals surface area contributed by atoms with E-state index < -0.39 is 0 Å². The number of aromatic nitrogens is 2. The van der Waals surface area contributed by atoms with Crippen molar-refractivity contribution in [3.05, 3.63) is 18.7 Å². The van der Waals surface area contributed by atoms with Crippen LogP contribution in [0.2, 0.25) is 0 Å². The number of hydrogen-bond acceptors (Lipinski definition) is 3. The van der Waals surface area contributed by atoms with Gasteiger partial charge in [0.25, 0.3) is 0 Å². The molecule has 1 aromatic heterocycles. The van der Waals surface area contributed by atoms with Crippen LogP contribution in [-0.2, 0) is 11.3 Å². The lowest BCUT2D eigenvalue weighted by molar-refractivity contribution is -0.134. The largest absolute Gasteiger partial charge is 0.395 e. The van der Waals surface area contributed by atoms with Crippen molar-refractivity contribution in [1.82, 2.24) is 14.5 Å². The minimum Gasteiger partial charge on any atom is -0.395 e. The Balaban J connectivity index is 2.53. The first-order valence-electron chi connectivity index (χ1n) is 6.59. The van der Waals surface area contributed by atoms with Gasteiger partial charge in [-0.25, -0.2) is 4.98 Å². The molecule has 0 aliphatic heterocycles. The minimum absolute atomic E-state index is 0.0211. The third kappa shape index (κ3) is 4.14. The fourth-order valence-electron chi connectivity index (χ4n) is 2.14. The Hall–Kier alpha value is -1.36. The summed E-state index contributed by atoms with van der Waals surface area (Å²) in [7, 11) is 0. The van der Waals surface area contributed by atoms with Gasteiger partial charge in [0.1, 0.15) is 0 Å². The van der Waals surface area contributed by atoms with Crippen LogP contribution in [0.3, 0.4) is 0 Å². The molecule has 0 spiro atoms. The van der Waals surface area contributed by atoms with Gasteiger partial charge >= 0.3 is 0 Å². The number of aliphatic hydroxyl groups excluding tert-OH is 1. The predicted octanol–water partition coefficient (Wildman–Crippen LogP) is 1.28. The number of hydrogen-bond donors (Lipinski definition) is 1. The summed E-state index contributed by atoms with van der Waals surface area (Å²) in [6, 6.07) is 0.229. The highest BCUT2D eigenvalue weighted by molar-refractivity contribution is 5.76. The fraction of sp³-hybridized carbons (Fsp3) is 0.692. The molecule has 0 aliphatic carbocycles. The van der Waals surface area contributed by atoms with E-state index in [0.717, 1.165) is 12.8 Å². The first kappa shape index (κ1) is 14.7. The molecule has 1 heterocycles. The number of imidazole rings is 1. The second-order valence-electron chi connectivity index (χ2n) is 4.33. The standard InChI is InChI=1S/C13H23N3O2/c1-3-12(4-2)16(9-10-17)13(18)5-7-15-8-6-14-11-15/h6,8,11-12,17H,3-5,7,9-10H2,1-2H3. The Bertz CT molecular complexity index is 334. The van der Waals surface area contributed by atoms with Gasteiger partial charge in [0.05, 0.1) is 12.9 Å². The summed E-state index contributed by atoms with van der Waals surface area (Å²) in [5.74, 6) is 0.103. The highest BCUT2D eigenvalue weighted by Crippen LogP contribution is 2.10. The van der Waals surface area contributed by atoms with Crippen molar-refractivity contribution >= 4 is 5.91 Å². The molecule has 0 unspecified atom stereocenters. The van der Waals surface area contributed by atoms with Crippen molar-refractivity contribution in [2.75, 3.05) is 13.2 Å². The average molecular weight is 253 g/mol. The van der Waals surface area contributed by atoms with Crippen LogP contribution in [0, 0.1) is 0 Å². The first-order valence-corrected chi connectivity index (χ1v) is 6.59. The topological polar surface area (TPSA) is 58.4 Å². The Morgan fingerprint density at radius 3 is 2.67 bits per heavy atom. The Kier molecular flexibility index (Phi) is 6.43. The fourth-order valence-corrected chi connectivity index (χ4v) is 2.14. The van der Waals surface area contributed by atoms with Gasteiger partial charge in [-0.1, -0.05) is 13.8 Å². The molecule has 0 radical (unpaired) electrons. The predicted molar refractivity (Wildman–Crippen MR) is 70.0 cm³/mol. The van der Waals surface area contributed by atoms with E-state index in [9.17, 15) is 4.79 Å². The van der Waals surface area contributed by atoms with Crippen LogP contribution in [0.25, 0.3) is 0 Å². The highest BCUT2D eigenvalue weighted by Gasteiger charge is 2.19. The molecule has 0 aliphatic rings.